The minimum Gasteiger partial charge on any atom is -0.340 e. The van der Waals surface area contributed by atoms with E-state index in [1.165, 1.54) is 11.3 Å². The normalized spacial score (nSPS) is 16.6. The van der Waals surface area contributed by atoms with Crippen LogP contribution in [0, 0.1) is 0 Å². The third-order valence-corrected chi connectivity index (χ3v) is 4.44. The molecule has 0 fully saturated rings. The summed E-state index contributed by atoms with van der Waals surface area (Å²) in [7, 11) is 0. The second-order valence-corrected chi connectivity index (χ2v) is 6.23. The van der Waals surface area contributed by atoms with Gasteiger partial charge in [0.2, 0.25) is 16.9 Å². The maximum atomic E-state index is 12.2. The molecule has 8 nitrogen and oxygen atoms in total. The number of anilines is 2. The van der Waals surface area contributed by atoms with Crippen LogP contribution in [0.3, 0.4) is 0 Å². The molecule has 1 aromatic heterocycles. The van der Waals surface area contributed by atoms with Crippen molar-refractivity contribution in [2.75, 3.05) is 10.6 Å². The highest BCUT2D eigenvalue weighted by atomic mass is 32.1. The number of nitrogens with one attached hydrogen (secondary N) is 3. The second-order valence-electron chi connectivity index (χ2n) is 5.17. The summed E-state index contributed by atoms with van der Waals surface area (Å²) >= 11 is 1.28. The van der Waals surface area contributed by atoms with E-state index >= 15 is 0 Å². The maximum absolute atomic E-state index is 12.2. The predicted octanol–water partition coefficient (Wildman–Crippen LogP) is 1.18. The number of amides is 3. The van der Waals surface area contributed by atoms with Crippen molar-refractivity contribution < 1.29 is 14.4 Å². The van der Waals surface area contributed by atoms with Gasteiger partial charge in [0, 0.05) is 0 Å². The molecule has 9 heteroatoms. The Balaban J connectivity index is 1.68. The van der Waals surface area contributed by atoms with Gasteiger partial charge in [-0.15, -0.1) is 10.2 Å². The highest BCUT2D eigenvalue weighted by Gasteiger charge is 2.29. The molecule has 2 heterocycles. The number of para-hydroxylation sites is 1. The van der Waals surface area contributed by atoms with E-state index in [4.69, 9.17) is 0 Å². The number of benzene rings is 1. The van der Waals surface area contributed by atoms with Crippen LogP contribution < -0.4 is 16.0 Å². The van der Waals surface area contributed by atoms with Crippen molar-refractivity contribution in [2.45, 2.75) is 25.8 Å². The van der Waals surface area contributed by atoms with E-state index in [0.717, 1.165) is 11.4 Å². The smallest absolute Gasteiger partial charge is 0.254 e. The number of fused-ring (bicyclic) bond motifs is 1. The van der Waals surface area contributed by atoms with Gasteiger partial charge >= 0.3 is 0 Å². The summed E-state index contributed by atoms with van der Waals surface area (Å²) in [4.78, 5) is 36.5. The summed E-state index contributed by atoms with van der Waals surface area (Å²) in [5, 5.41) is 16.8. The lowest BCUT2D eigenvalue weighted by Gasteiger charge is -2.13. The number of carbonyl (C=O) groups is 3. The number of hydrogen-bond donors (Lipinski definition) is 3. The zero-order valence-corrected chi connectivity index (χ0v) is 13.6. The van der Waals surface area contributed by atoms with Crippen LogP contribution in [0.15, 0.2) is 24.3 Å². The van der Waals surface area contributed by atoms with Crippen LogP contribution >= 0.6 is 11.3 Å². The summed E-state index contributed by atoms with van der Waals surface area (Å²) in [5.74, 6) is -1.25. The van der Waals surface area contributed by atoms with Crippen molar-refractivity contribution in [1.29, 1.82) is 0 Å². The number of hydrogen-bond acceptors (Lipinski definition) is 6. The van der Waals surface area contributed by atoms with Gasteiger partial charge in [0.15, 0.2) is 0 Å². The van der Waals surface area contributed by atoms with Gasteiger partial charge in [0.05, 0.1) is 17.7 Å². The average Bonchev–Trinajstić information content (AvgIpc) is 2.97. The fourth-order valence-electron chi connectivity index (χ4n) is 2.26. The minimum atomic E-state index is -0.955. The van der Waals surface area contributed by atoms with E-state index in [-0.39, 0.29) is 6.42 Å². The molecule has 3 rings (SSSR count). The van der Waals surface area contributed by atoms with Gasteiger partial charge in [-0.3, -0.25) is 14.4 Å². The molecule has 1 aliphatic rings. The molecule has 2 aromatic rings. The largest absolute Gasteiger partial charge is 0.340 e. The zero-order valence-electron chi connectivity index (χ0n) is 12.8. The second kappa shape index (κ2) is 6.75. The maximum Gasteiger partial charge on any atom is 0.254 e. The van der Waals surface area contributed by atoms with Crippen molar-refractivity contribution in [2.24, 2.45) is 0 Å². The highest BCUT2D eigenvalue weighted by Crippen LogP contribution is 2.19. The van der Waals surface area contributed by atoms with Crippen LogP contribution in [0.1, 0.15) is 28.7 Å². The lowest BCUT2D eigenvalue weighted by Crippen LogP contribution is -2.43. The molecular weight excluding hydrogens is 330 g/mol. The standard InChI is InChI=1S/C15H15N5O3S/c1-2-12-19-20-15(24-12)18-11(21)7-10-14(23)16-9-6-4-3-5-8(9)13(22)17-10/h3-6,10H,2,7H2,1H3,(H,16,23)(H,17,22)(H,18,20,21). The van der Waals surface area contributed by atoms with E-state index in [1.54, 1.807) is 24.3 Å². The molecule has 124 valence electrons. The summed E-state index contributed by atoms with van der Waals surface area (Å²) in [6.45, 7) is 1.94. The molecule has 3 N–H and O–H groups in total. The van der Waals surface area contributed by atoms with Gasteiger partial charge in [-0.1, -0.05) is 30.4 Å². The summed E-state index contributed by atoms with van der Waals surface area (Å²) in [6, 6.07) is 5.73. The molecular formula is C15H15N5O3S. The molecule has 24 heavy (non-hydrogen) atoms. The van der Waals surface area contributed by atoms with E-state index in [9.17, 15) is 14.4 Å². The Morgan fingerprint density at radius 2 is 2.08 bits per heavy atom. The average molecular weight is 345 g/mol. The quantitative estimate of drug-likeness (QED) is 0.770. The molecule has 1 aromatic carbocycles. The van der Waals surface area contributed by atoms with Crippen molar-refractivity contribution in [1.82, 2.24) is 15.5 Å². The van der Waals surface area contributed by atoms with Gasteiger partial charge < -0.3 is 16.0 Å². The van der Waals surface area contributed by atoms with Gasteiger partial charge in [-0.05, 0) is 18.6 Å². The Kier molecular flexibility index (Phi) is 4.52. The summed E-state index contributed by atoms with van der Waals surface area (Å²) in [6.07, 6.45) is 0.541. The monoisotopic (exact) mass is 345 g/mol. The van der Waals surface area contributed by atoms with Crippen LogP contribution in [0.25, 0.3) is 0 Å². The third kappa shape index (κ3) is 3.40. The van der Waals surface area contributed by atoms with Crippen molar-refractivity contribution >= 4 is 39.9 Å². The Labute approximate surface area is 141 Å². The molecule has 0 saturated heterocycles. The van der Waals surface area contributed by atoms with Crippen molar-refractivity contribution in [3.05, 3.63) is 34.8 Å². The molecule has 1 unspecified atom stereocenters. The summed E-state index contributed by atoms with van der Waals surface area (Å²) < 4.78 is 0. The lowest BCUT2D eigenvalue weighted by atomic mass is 10.1. The van der Waals surface area contributed by atoms with Crippen molar-refractivity contribution in [3.63, 3.8) is 0 Å². The minimum absolute atomic E-state index is 0.188. The Bertz CT molecular complexity index is 804. The van der Waals surface area contributed by atoms with Gasteiger partial charge in [0.25, 0.3) is 5.91 Å². The van der Waals surface area contributed by atoms with Crippen LogP contribution in [0.2, 0.25) is 0 Å². The molecule has 0 spiro atoms. The van der Waals surface area contributed by atoms with Crippen LogP contribution in [0.4, 0.5) is 10.8 Å². The third-order valence-electron chi connectivity index (χ3n) is 3.46. The SMILES string of the molecule is CCc1nnc(NC(=O)CC2NC(=O)c3ccccc3NC2=O)s1. The highest BCUT2D eigenvalue weighted by molar-refractivity contribution is 7.15. The molecule has 3 amide bonds. The molecule has 0 radical (unpaired) electrons. The van der Waals surface area contributed by atoms with Gasteiger partial charge in [-0.25, -0.2) is 0 Å². The van der Waals surface area contributed by atoms with Crippen molar-refractivity contribution in [3.8, 4) is 0 Å². The first-order valence-electron chi connectivity index (χ1n) is 7.39. The van der Waals surface area contributed by atoms with Crippen LogP contribution in [0.5, 0.6) is 0 Å². The number of aryl methyl sites for hydroxylation is 1. The first-order valence-corrected chi connectivity index (χ1v) is 8.21. The molecule has 1 atom stereocenters. The van der Waals surface area contributed by atoms with E-state index in [0.29, 0.717) is 16.4 Å². The fraction of sp³-hybridized carbons (Fsp3) is 0.267. The summed E-state index contributed by atoms with van der Waals surface area (Å²) in [5.41, 5.74) is 0.796. The Morgan fingerprint density at radius 1 is 1.29 bits per heavy atom. The number of rotatable bonds is 4. The van der Waals surface area contributed by atoms with E-state index in [1.807, 2.05) is 6.92 Å². The topological polar surface area (TPSA) is 113 Å². The number of nitrogens with zero attached hydrogens (tertiary/aromatic N) is 2. The molecule has 1 aliphatic heterocycles. The predicted molar refractivity (Wildman–Crippen MR) is 88.9 cm³/mol. The zero-order chi connectivity index (χ0) is 17.1. The number of aromatic nitrogens is 2. The Hall–Kier alpha value is -2.81. The van der Waals surface area contributed by atoms with E-state index in [2.05, 4.69) is 26.1 Å². The first-order chi connectivity index (χ1) is 11.6. The van der Waals surface area contributed by atoms with Gasteiger partial charge in [-0.2, -0.15) is 0 Å². The first kappa shape index (κ1) is 16.1. The van der Waals surface area contributed by atoms with Gasteiger partial charge in [0.1, 0.15) is 11.0 Å². The molecule has 0 aliphatic carbocycles. The molecule has 0 saturated carbocycles. The number of carbonyl (C=O) groups excluding carboxylic acids is 3. The Morgan fingerprint density at radius 3 is 2.83 bits per heavy atom. The van der Waals surface area contributed by atoms with E-state index < -0.39 is 23.8 Å². The van der Waals surface area contributed by atoms with Crippen LogP contribution in [-0.2, 0) is 16.0 Å². The lowest BCUT2D eigenvalue weighted by molar-refractivity contribution is -0.122. The molecule has 0 bridgehead atoms. The fourth-order valence-corrected chi connectivity index (χ4v) is 2.95. The van der Waals surface area contributed by atoms with Crippen LogP contribution in [-0.4, -0.2) is 34.0 Å².